The van der Waals surface area contributed by atoms with E-state index in [0.717, 1.165) is 19.3 Å². The summed E-state index contributed by atoms with van der Waals surface area (Å²) in [4.78, 5) is 21.4. The third-order valence-electron chi connectivity index (χ3n) is 2.33. The van der Waals surface area contributed by atoms with Crippen LogP contribution in [0.15, 0.2) is 12.2 Å². The number of amides is 1. The molecule has 0 aliphatic heterocycles. The lowest BCUT2D eigenvalue weighted by Gasteiger charge is -2.03. The number of unbranched alkanes of at least 4 members (excludes halogenated alkanes) is 4. The predicted octanol–water partition coefficient (Wildman–Crippen LogP) is 2.09. The highest BCUT2D eigenvalue weighted by Crippen LogP contribution is 2.08. The van der Waals surface area contributed by atoms with Gasteiger partial charge in [-0.2, -0.15) is 0 Å². The van der Waals surface area contributed by atoms with Crippen molar-refractivity contribution < 1.29 is 14.7 Å². The van der Waals surface area contributed by atoms with Crippen molar-refractivity contribution >= 4 is 11.9 Å². The highest BCUT2D eigenvalue weighted by molar-refractivity contribution is 5.82. The van der Waals surface area contributed by atoms with Gasteiger partial charge in [-0.15, -0.1) is 0 Å². The number of carboxylic acids is 1. The SMILES string of the molecule is CCCCCCC=CC(CC(N)=O)C(=O)O. The number of rotatable bonds is 9. The number of hydrogen-bond acceptors (Lipinski definition) is 2. The average molecular weight is 227 g/mol. The fourth-order valence-corrected chi connectivity index (χ4v) is 1.40. The zero-order valence-corrected chi connectivity index (χ0v) is 9.82. The Bertz CT molecular complexity index is 249. The van der Waals surface area contributed by atoms with Gasteiger partial charge in [-0.05, 0) is 12.8 Å². The molecule has 92 valence electrons. The molecular weight excluding hydrogens is 206 g/mol. The second-order valence-corrected chi connectivity index (χ2v) is 3.89. The number of carboxylic acid groups (broad SMARTS) is 1. The Morgan fingerprint density at radius 2 is 2.00 bits per heavy atom. The maximum atomic E-state index is 10.7. The summed E-state index contributed by atoms with van der Waals surface area (Å²) in [6.45, 7) is 2.14. The van der Waals surface area contributed by atoms with Crippen molar-refractivity contribution in [3.05, 3.63) is 12.2 Å². The standard InChI is InChI=1S/C12H21NO3/c1-2-3-4-5-6-7-8-10(12(15)16)9-11(13)14/h7-8,10H,2-6,9H2,1H3,(H2,13,14)(H,15,16). The maximum Gasteiger partial charge on any atom is 0.310 e. The Kier molecular flexibility index (Phi) is 8.21. The molecule has 16 heavy (non-hydrogen) atoms. The Balaban J connectivity index is 3.85. The molecule has 0 aliphatic carbocycles. The second-order valence-electron chi connectivity index (χ2n) is 3.89. The largest absolute Gasteiger partial charge is 0.481 e. The van der Waals surface area contributed by atoms with E-state index in [-0.39, 0.29) is 6.42 Å². The average Bonchev–Trinajstić information content (AvgIpc) is 2.20. The smallest absolute Gasteiger partial charge is 0.310 e. The van der Waals surface area contributed by atoms with Gasteiger partial charge in [0, 0.05) is 6.42 Å². The number of allylic oxidation sites excluding steroid dienone is 1. The molecule has 0 aromatic rings. The number of carbonyl (C=O) groups is 2. The van der Waals surface area contributed by atoms with E-state index in [1.54, 1.807) is 6.08 Å². The number of primary amides is 1. The molecule has 0 saturated heterocycles. The summed E-state index contributed by atoms with van der Waals surface area (Å²) in [6.07, 6.45) is 8.75. The minimum atomic E-state index is -0.997. The topological polar surface area (TPSA) is 80.4 Å². The van der Waals surface area contributed by atoms with Crippen molar-refractivity contribution in [2.75, 3.05) is 0 Å². The summed E-state index contributed by atoms with van der Waals surface area (Å²) in [5, 5.41) is 8.80. The van der Waals surface area contributed by atoms with E-state index in [1.807, 2.05) is 6.08 Å². The Morgan fingerprint density at radius 1 is 1.31 bits per heavy atom. The lowest BCUT2D eigenvalue weighted by atomic mass is 10.0. The van der Waals surface area contributed by atoms with Crippen molar-refractivity contribution in [3.8, 4) is 0 Å². The summed E-state index contributed by atoms with van der Waals surface area (Å²) in [7, 11) is 0. The molecule has 0 heterocycles. The Labute approximate surface area is 96.5 Å². The summed E-state index contributed by atoms with van der Waals surface area (Å²) >= 11 is 0. The van der Waals surface area contributed by atoms with Crippen LogP contribution in [0, 0.1) is 5.92 Å². The van der Waals surface area contributed by atoms with Gasteiger partial charge in [-0.1, -0.05) is 38.3 Å². The quantitative estimate of drug-likeness (QED) is 0.467. The maximum absolute atomic E-state index is 10.7. The summed E-state index contributed by atoms with van der Waals surface area (Å²) in [5.41, 5.74) is 4.96. The molecule has 3 N–H and O–H groups in total. The molecule has 0 aromatic heterocycles. The van der Waals surface area contributed by atoms with E-state index in [4.69, 9.17) is 10.8 Å². The first kappa shape index (κ1) is 14.7. The van der Waals surface area contributed by atoms with Crippen molar-refractivity contribution in [1.29, 1.82) is 0 Å². The third kappa shape index (κ3) is 8.03. The van der Waals surface area contributed by atoms with Gasteiger partial charge in [-0.3, -0.25) is 9.59 Å². The molecule has 4 heteroatoms. The van der Waals surface area contributed by atoms with Gasteiger partial charge < -0.3 is 10.8 Å². The monoisotopic (exact) mass is 227 g/mol. The van der Waals surface area contributed by atoms with Crippen molar-refractivity contribution in [1.82, 2.24) is 0 Å². The fraction of sp³-hybridized carbons (Fsp3) is 0.667. The fourth-order valence-electron chi connectivity index (χ4n) is 1.40. The summed E-state index contributed by atoms with van der Waals surface area (Å²) in [6, 6.07) is 0. The molecule has 4 nitrogen and oxygen atoms in total. The van der Waals surface area contributed by atoms with Crippen LogP contribution in [0.3, 0.4) is 0 Å². The molecule has 0 radical (unpaired) electrons. The molecule has 0 rings (SSSR count). The van der Waals surface area contributed by atoms with E-state index in [9.17, 15) is 9.59 Å². The van der Waals surface area contributed by atoms with E-state index >= 15 is 0 Å². The summed E-state index contributed by atoms with van der Waals surface area (Å²) in [5.74, 6) is -2.35. The van der Waals surface area contributed by atoms with Crippen molar-refractivity contribution in [2.45, 2.75) is 45.4 Å². The molecule has 0 aliphatic rings. The molecule has 0 bridgehead atoms. The first-order chi connectivity index (χ1) is 7.57. The van der Waals surface area contributed by atoms with E-state index in [2.05, 4.69) is 6.92 Å². The number of hydrogen-bond donors (Lipinski definition) is 2. The third-order valence-corrected chi connectivity index (χ3v) is 2.33. The molecule has 0 spiro atoms. The molecule has 1 unspecified atom stereocenters. The van der Waals surface area contributed by atoms with Crippen LogP contribution < -0.4 is 5.73 Å². The van der Waals surface area contributed by atoms with Crippen LogP contribution in [0.2, 0.25) is 0 Å². The molecule has 0 saturated carbocycles. The van der Waals surface area contributed by atoms with Crippen LogP contribution in [-0.4, -0.2) is 17.0 Å². The first-order valence-electron chi connectivity index (χ1n) is 5.75. The van der Waals surface area contributed by atoms with Crippen LogP contribution in [0.1, 0.15) is 45.4 Å². The zero-order chi connectivity index (χ0) is 12.4. The lowest BCUT2D eigenvalue weighted by Crippen LogP contribution is -2.20. The molecule has 1 atom stereocenters. The van der Waals surface area contributed by atoms with Gasteiger partial charge in [0.05, 0.1) is 5.92 Å². The lowest BCUT2D eigenvalue weighted by molar-refractivity contribution is -0.141. The minimum absolute atomic E-state index is 0.124. The predicted molar refractivity (Wildman–Crippen MR) is 62.8 cm³/mol. The highest BCUT2D eigenvalue weighted by atomic mass is 16.4. The Hall–Kier alpha value is -1.32. The van der Waals surface area contributed by atoms with Crippen LogP contribution >= 0.6 is 0 Å². The van der Waals surface area contributed by atoms with Gasteiger partial charge in [-0.25, -0.2) is 0 Å². The summed E-state index contributed by atoms with van der Waals surface area (Å²) < 4.78 is 0. The first-order valence-corrected chi connectivity index (χ1v) is 5.75. The van der Waals surface area contributed by atoms with E-state index in [1.165, 1.54) is 12.8 Å². The van der Waals surface area contributed by atoms with Crippen LogP contribution in [0.4, 0.5) is 0 Å². The highest BCUT2D eigenvalue weighted by Gasteiger charge is 2.15. The van der Waals surface area contributed by atoms with Gasteiger partial charge in [0.15, 0.2) is 0 Å². The van der Waals surface area contributed by atoms with Gasteiger partial charge in [0.2, 0.25) is 5.91 Å². The normalized spacial score (nSPS) is 12.8. The van der Waals surface area contributed by atoms with Gasteiger partial charge in [0.25, 0.3) is 0 Å². The van der Waals surface area contributed by atoms with Gasteiger partial charge >= 0.3 is 5.97 Å². The van der Waals surface area contributed by atoms with Crippen LogP contribution in [0.25, 0.3) is 0 Å². The minimum Gasteiger partial charge on any atom is -0.481 e. The molecule has 1 amide bonds. The van der Waals surface area contributed by atoms with Crippen LogP contribution in [-0.2, 0) is 9.59 Å². The molecular formula is C12H21NO3. The second kappa shape index (κ2) is 8.95. The van der Waals surface area contributed by atoms with Crippen molar-refractivity contribution in [2.24, 2.45) is 11.7 Å². The zero-order valence-electron chi connectivity index (χ0n) is 9.82. The van der Waals surface area contributed by atoms with Gasteiger partial charge in [0.1, 0.15) is 0 Å². The Morgan fingerprint density at radius 3 is 2.50 bits per heavy atom. The van der Waals surface area contributed by atoms with Crippen molar-refractivity contribution in [3.63, 3.8) is 0 Å². The molecule has 0 aromatic carbocycles. The van der Waals surface area contributed by atoms with E-state index < -0.39 is 17.8 Å². The van der Waals surface area contributed by atoms with E-state index in [0.29, 0.717) is 0 Å². The number of nitrogens with two attached hydrogens (primary N) is 1. The van der Waals surface area contributed by atoms with Crippen LogP contribution in [0.5, 0.6) is 0 Å². The molecule has 0 fully saturated rings. The number of aliphatic carboxylic acids is 1. The number of carbonyl (C=O) groups excluding carboxylic acids is 1.